The minimum Gasteiger partial charge on any atom is -0.326 e. The molecule has 5 heteroatoms. The summed E-state index contributed by atoms with van der Waals surface area (Å²) in [6, 6.07) is 10.3. The normalized spacial score (nSPS) is 17.6. The number of fused-ring (bicyclic) bond motifs is 1. The van der Waals surface area contributed by atoms with Gasteiger partial charge in [0.2, 0.25) is 5.91 Å². The third kappa shape index (κ3) is 2.12. The van der Waals surface area contributed by atoms with E-state index in [0.29, 0.717) is 5.56 Å². The molecular formula is C15H10BrF2NO. The Morgan fingerprint density at radius 1 is 1.20 bits per heavy atom. The van der Waals surface area contributed by atoms with E-state index in [1.165, 1.54) is 0 Å². The number of rotatable bonds is 1. The van der Waals surface area contributed by atoms with Gasteiger partial charge in [-0.05, 0) is 27.6 Å². The first-order chi connectivity index (χ1) is 9.58. The molecule has 2 nitrogen and oxygen atoms in total. The molecule has 102 valence electrons. The summed E-state index contributed by atoms with van der Waals surface area (Å²) in [7, 11) is 0. The van der Waals surface area contributed by atoms with Crippen LogP contribution in [0.3, 0.4) is 0 Å². The highest BCUT2D eigenvalue weighted by atomic mass is 79.9. The van der Waals surface area contributed by atoms with Crippen molar-refractivity contribution in [2.45, 2.75) is 12.3 Å². The van der Waals surface area contributed by atoms with Crippen LogP contribution >= 0.6 is 15.9 Å². The van der Waals surface area contributed by atoms with Crippen molar-refractivity contribution in [2.24, 2.45) is 0 Å². The van der Waals surface area contributed by atoms with E-state index in [-0.39, 0.29) is 22.5 Å². The summed E-state index contributed by atoms with van der Waals surface area (Å²) in [5.41, 5.74) is 1.36. The lowest BCUT2D eigenvalue weighted by Gasteiger charge is -2.27. The fraction of sp³-hybridized carbons (Fsp3) is 0.133. The summed E-state index contributed by atoms with van der Waals surface area (Å²) >= 11 is 2.91. The average Bonchev–Trinajstić information content (AvgIpc) is 2.45. The van der Waals surface area contributed by atoms with Gasteiger partial charge in [-0.3, -0.25) is 4.79 Å². The Hall–Kier alpha value is -1.75. The maximum absolute atomic E-state index is 14.4. The molecule has 1 aliphatic heterocycles. The maximum Gasteiger partial charge on any atom is 0.225 e. The fourth-order valence-corrected chi connectivity index (χ4v) is 2.84. The van der Waals surface area contributed by atoms with Gasteiger partial charge >= 0.3 is 0 Å². The molecule has 2 aromatic carbocycles. The number of nitrogens with one attached hydrogen (secondary N) is 1. The molecule has 1 N–H and O–H groups in total. The number of carbonyl (C=O) groups excluding carboxylic acids is 1. The van der Waals surface area contributed by atoms with Crippen molar-refractivity contribution in [1.82, 2.24) is 0 Å². The molecule has 1 unspecified atom stereocenters. The molecule has 0 bridgehead atoms. The summed E-state index contributed by atoms with van der Waals surface area (Å²) in [6.45, 7) is 0. The molecule has 0 saturated carbocycles. The summed E-state index contributed by atoms with van der Waals surface area (Å²) in [6.07, 6.45) is 0.145. The van der Waals surface area contributed by atoms with Gasteiger partial charge in [-0.1, -0.05) is 30.3 Å². The molecular weight excluding hydrogens is 328 g/mol. The van der Waals surface area contributed by atoms with Crippen LogP contribution in [0.4, 0.5) is 14.5 Å². The maximum atomic E-state index is 14.4. The highest BCUT2D eigenvalue weighted by molar-refractivity contribution is 9.10. The first kappa shape index (κ1) is 13.2. The van der Waals surface area contributed by atoms with Gasteiger partial charge in [0.05, 0.1) is 10.2 Å². The summed E-state index contributed by atoms with van der Waals surface area (Å²) < 4.78 is 27.8. The minimum absolute atomic E-state index is 0.145. The number of benzene rings is 2. The zero-order chi connectivity index (χ0) is 14.3. The van der Waals surface area contributed by atoms with Gasteiger partial charge in [0.15, 0.2) is 0 Å². The molecule has 20 heavy (non-hydrogen) atoms. The second kappa shape index (κ2) is 4.98. The van der Waals surface area contributed by atoms with E-state index in [9.17, 15) is 13.6 Å². The Balaban J connectivity index is 2.22. The predicted molar refractivity (Wildman–Crippen MR) is 75.6 cm³/mol. The van der Waals surface area contributed by atoms with Gasteiger partial charge in [0, 0.05) is 17.9 Å². The van der Waals surface area contributed by atoms with E-state index in [0.717, 1.165) is 11.6 Å². The van der Waals surface area contributed by atoms with Crippen LogP contribution in [0.25, 0.3) is 0 Å². The number of halogens is 3. The van der Waals surface area contributed by atoms with Crippen LogP contribution in [0, 0.1) is 11.6 Å². The minimum atomic E-state index is -0.727. The molecule has 1 heterocycles. The van der Waals surface area contributed by atoms with Crippen LogP contribution in [0.1, 0.15) is 23.5 Å². The van der Waals surface area contributed by atoms with Crippen molar-refractivity contribution in [3.63, 3.8) is 0 Å². The van der Waals surface area contributed by atoms with Gasteiger partial charge in [-0.25, -0.2) is 8.78 Å². The zero-order valence-electron chi connectivity index (χ0n) is 10.3. The van der Waals surface area contributed by atoms with Crippen molar-refractivity contribution >= 4 is 27.5 Å². The smallest absolute Gasteiger partial charge is 0.225 e. The lowest BCUT2D eigenvalue weighted by atomic mass is 9.84. The van der Waals surface area contributed by atoms with Crippen molar-refractivity contribution in [3.05, 3.63) is 63.6 Å². The average molecular weight is 338 g/mol. The molecule has 0 fully saturated rings. The first-order valence-electron chi connectivity index (χ1n) is 6.10. The molecule has 1 amide bonds. The van der Waals surface area contributed by atoms with Crippen LogP contribution in [0.5, 0.6) is 0 Å². The van der Waals surface area contributed by atoms with Crippen LogP contribution < -0.4 is 5.32 Å². The molecule has 0 spiro atoms. The lowest BCUT2D eigenvalue weighted by molar-refractivity contribution is -0.116. The van der Waals surface area contributed by atoms with Crippen LogP contribution in [-0.2, 0) is 4.79 Å². The highest BCUT2D eigenvalue weighted by Crippen LogP contribution is 2.41. The van der Waals surface area contributed by atoms with E-state index in [1.54, 1.807) is 0 Å². The van der Waals surface area contributed by atoms with E-state index < -0.39 is 17.6 Å². The molecule has 2 aromatic rings. The number of hydrogen-bond acceptors (Lipinski definition) is 1. The Kier molecular flexibility index (Phi) is 3.30. The molecule has 3 rings (SSSR count). The van der Waals surface area contributed by atoms with Crippen molar-refractivity contribution < 1.29 is 13.6 Å². The lowest BCUT2D eigenvalue weighted by Crippen LogP contribution is -2.25. The molecule has 0 aromatic heterocycles. The summed E-state index contributed by atoms with van der Waals surface area (Å²) in [5, 5.41) is 2.53. The zero-order valence-corrected chi connectivity index (χ0v) is 11.9. The SMILES string of the molecule is O=C1CC(c2ccccc2)c2c(cc(F)c(Br)c2F)N1. The van der Waals surface area contributed by atoms with E-state index in [1.807, 2.05) is 30.3 Å². The first-order valence-corrected chi connectivity index (χ1v) is 6.89. The monoisotopic (exact) mass is 337 g/mol. The second-order valence-electron chi connectivity index (χ2n) is 4.66. The highest BCUT2D eigenvalue weighted by Gasteiger charge is 2.31. The van der Waals surface area contributed by atoms with E-state index >= 15 is 0 Å². The molecule has 0 radical (unpaired) electrons. The molecule has 0 saturated heterocycles. The number of amides is 1. The van der Waals surface area contributed by atoms with Gasteiger partial charge < -0.3 is 5.32 Å². The largest absolute Gasteiger partial charge is 0.326 e. The van der Waals surface area contributed by atoms with Gasteiger partial charge in [0.25, 0.3) is 0 Å². The van der Waals surface area contributed by atoms with Crippen LogP contribution in [0.15, 0.2) is 40.9 Å². The van der Waals surface area contributed by atoms with E-state index in [2.05, 4.69) is 21.2 Å². The standard InChI is InChI=1S/C15H10BrF2NO/c16-14-10(17)7-11-13(15(14)18)9(6-12(20)19-11)8-4-2-1-3-5-8/h1-5,7,9H,6H2,(H,19,20). The van der Waals surface area contributed by atoms with Gasteiger partial charge in [-0.2, -0.15) is 0 Å². The quantitative estimate of drug-likeness (QED) is 0.776. The van der Waals surface area contributed by atoms with Crippen molar-refractivity contribution in [2.75, 3.05) is 5.32 Å². The molecule has 0 aliphatic carbocycles. The van der Waals surface area contributed by atoms with Crippen molar-refractivity contribution in [3.8, 4) is 0 Å². The van der Waals surface area contributed by atoms with Gasteiger partial charge in [0.1, 0.15) is 11.6 Å². The second-order valence-corrected chi connectivity index (χ2v) is 5.46. The number of anilines is 1. The molecule has 1 atom stereocenters. The third-order valence-electron chi connectivity index (χ3n) is 3.41. The Labute approximate surface area is 122 Å². The summed E-state index contributed by atoms with van der Waals surface area (Å²) in [5.74, 6) is -2.03. The number of hydrogen-bond donors (Lipinski definition) is 1. The van der Waals surface area contributed by atoms with E-state index in [4.69, 9.17) is 0 Å². The summed E-state index contributed by atoms with van der Waals surface area (Å²) in [4.78, 5) is 11.7. The van der Waals surface area contributed by atoms with Gasteiger partial charge in [-0.15, -0.1) is 0 Å². The fourth-order valence-electron chi connectivity index (χ4n) is 2.51. The Morgan fingerprint density at radius 3 is 2.60 bits per heavy atom. The molecule has 1 aliphatic rings. The predicted octanol–water partition coefficient (Wildman–Crippen LogP) is 4.20. The van der Waals surface area contributed by atoms with Crippen LogP contribution in [0.2, 0.25) is 0 Å². The Morgan fingerprint density at radius 2 is 1.90 bits per heavy atom. The topological polar surface area (TPSA) is 29.1 Å². The Bertz CT molecular complexity index is 688. The third-order valence-corrected chi connectivity index (χ3v) is 4.14. The van der Waals surface area contributed by atoms with Crippen LogP contribution in [-0.4, -0.2) is 5.91 Å². The number of carbonyl (C=O) groups is 1. The van der Waals surface area contributed by atoms with Crippen molar-refractivity contribution in [1.29, 1.82) is 0 Å².